The van der Waals surface area contributed by atoms with Crippen molar-refractivity contribution in [2.75, 3.05) is 17.7 Å². The standard InChI is InChI=1S/C12H11BrN4O/c1-17(11-3-2-8(13)6-9(11)14)12(18)10-7-15-4-5-16-10/h2-7H,14H2,1H3. The van der Waals surface area contributed by atoms with Gasteiger partial charge in [0.1, 0.15) is 5.69 Å². The van der Waals surface area contributed by atoms with Crippen molar-refractivity contribution in [2.24, 2.45) is 0 Å². The number of nitrogen functional groups attached to an aromatic ring is 1. The van der Waals surface area contributed by atoms with E-state index in [1.54, 1.807) is 19.2 Å². The van der Waals surface area contributed by atoms with Crippen LogP contribution in [0.1, 0.15) is 10.5 Å². The number of halogens is 1. The minimum absolute atomic E-state index is 0.253. The topological polar surface area (TPSA) is 72.1 Å². The van der Waals surface area contributed by atoms with Gasteiger partial charge in [-0.25, -0.2) is 4.98 Å². The Bertz CT molecular complexity index is 574. The first-order valence-electron chi connectivity index (χ1n) is 5.18. The lowest BCUT2D eigenvalue weighted by Crippen LogP contribution is -2.27. The highest BCUT2D eigenvalue weighted by atomic mass is 79.9. The van der Waals surface area contributed by atoms with Crippen molar-refractivity contribution in [3.8, 4) is 0 Å². The fraction of sp³-hybridized carbons (Fsp3) is 0.0833. The smallest absolute Gasteiger partial charge is 0.278 e. The van der Waals surface area contributed by atoms with Crippen LogP contribution in [0.2, 0.25) is 0 Å². The zero-order chi connectivity index (χ0) is 13.1. The van der Waals surface area contributed by atoms with Crippen LogP contribution in [0.25, 0.3) is 0 Å². The molecule has 0 saturated carbocycles. The fourth-order valence-electron chi connectivity index (χ4n) is 1.52. The molecule has 0 unspecified atom stereocenters. The molecule has 0 radical (unpaired) electrons. The van der Waals surface area contributed by atoms with E-state index in [0.29, 0.717) is 11.4 Å². The SMILES string of the molecule is CN(C(=O)c1cnccn1)c1ccc(Br)cc1N. The zero-order valence-electron chi connectivity index (χ0n) is 9.67. The van der Waals surface area contributed by atoms with Crippen LogP contribution in [0.3, 0.4) is 0 Å². The van der Waals surface area contributed by atoms with Crippen molar-refractivity contribution in [2.45, 2.75) is 0 Å². The Labute approximate surface area is 113 Å². The molecular weight excluding hydrogens is 296 g/mol. The summed E-state index contributed by atoms with van der Waals surface area (Å²) >= 11 is 3.32. The summed E-state index contributed by atoms with van der Waals surface area (Å²) in [6, 6.07) is 5.34. The van der Waals surface area contributed by atoms with Gasteiger partial charge in [-0.05, 0) is 18.2 Å². The summed E-state index contributed by atoms with van der Waals surface area (Å²) in [5.74, 6) is -0.253. The number of benzene rings is 1. The van der Waals surface area contributed by atoms with Gasteiger partial charge >= 0.3 is 0 Å². The molecule has 0 bridgehead atoms. The average molecular weight is 307 g/mol. The number of nitrogens with two attached hydrogens (primary N) is 1. The molecule has 18 heavy (non-hydrogen) atoms. The maximum atomic E-state index is 12.1. The second-order valence-electron chi connectivity index (χ2n) is 3.66. The Morgan fingerprint density at radius 2 is 2.17 bits per heavy atom. The molecule has 0 aliphatic rings. The van der Waals surface area contributed by atoms with Crippen LogP contribution < -0.4 is 10.6 Å². The molecule has 0 spiro atoms. The van der Waals surface area contributed by atoms with Gasteiger partial charge in [0.05, 0.1) is 17.6 Å². The normalized spacial score (nSPS) is 10.1. The van der Waals surface area contributed by atoms with E-state index in [9.17, 15) is 4.79 Å². The Morgan fingerprint density at radius 3 is 2.78 bits per heavy atom. The van der Waals surface area contributed by atoms with Crippen LogP contribution in [0.15, 0.2) is 41.3 Å². The number of carbonyl (C=O) groups is 1. The first-order chi connectivity index (χ1) is 8.59. The predicted octanol–water partition coefficient (Wildman–Crippen LogP) is 2.10. The number of carbonyl (C=O) groups excluding carboxylic acids is 1. The van der Waals surface area contributed by atoms with Crippen LogP contribution in [0.4, 0.5) is 11.4 Å². The summed E-state index contributed by atoms with van der Waals surface area (Å²) in [5.41, 5.74) is 7.31. The molecule has 6 heteroatoms. The molecule has 0 aliphatic carbocycles. The van der Waals surface area contributed by atoms with Crippen LogP contribution >= 0.6 is 15.9 Å². The van der Waals surface area contributed by atoms with Crippen LogP contribution in [-0.4, -0.2) is 22.9 Å². The van der Waals surface area contributed by atoms with Crippen molar-refractivity contribution >= 4 is 33.2 Å². The molecule has 1 heterocycles. The van der Waals surface area contributed by atoms with E-state index < -0.39 is 0 Å². The van der Waals surface area contributed by atoms with Crippen molar-refractivity contribution < 1.29 is 4.79 Å². The Kier molecular flexibility index (Phi) is 3.57. The van der Waals surface area contributed by atoms with E-state index in [-0.39, 0.29) is 11.6 Å². The first-order valence-corrected chi connectivity index (χ1v) is 5.98. The van der Waals surface area contributed by atoms with Gasteiger partial charge in [0.2, 0.25) is 0 Å². The van der Waals surface area contributed by atoms with Gasteiger partial charge in [-0.15, -0.1) is 0 Å². The van der Waals surface area contributed by atoms with E-state index in [1.807, 2.05) is 6.07 Å². The molecule has 0 saturated heterocycles. The molecular formula is C12H11BrN4O. The summed E-state index contributed by atoms with van der Waals surface area (Å²) in [6.45, 7) is 0. The van der Waals surface area contributed by atoms with Gasteiger partial charge in [-0.1, -0.05) is 15.9 Å². The minimum atomic E-state index is -0.253. The number of amides is 1. The lowest BCUT2D eigenvalue weighted by Gasteiger charge is -2.18. The quantitative estimate of drug-likeness (QED) is 0.862. The average Bonchev–Trinajstić information content (AvgIpc) is 2.38. The summed E-state index contributed by atoms with van der Waals surface area (Å²) in [4.78, 5) is 21.4. The number of aromatic nitrogens is 2. The molecule has 92 valence electrons. The maximum Gasteiger partial charge on any atom is 0.278 e. The van der Waals surface area contributed by atoms with Gasteiger partial charge in [0.15, 0.2) is 0 Å². The van der Waals surface area contributed by atoms with Gasteiger partial charge in [-0.3, -0.25) is 9.78 Å². The third-order valence-electron chi connectivity index (χ3n) is 2.44. The zero-order valence-corrected chi connectivity index (χ0v) is 11.3. The molecule has 5 nitrogen and oxygen atoms in total. The highest BCUT2D eigenvalue weighted by molar-refractivity contribution is 9.10. The molecule has 2 rings (SSSR count). The van der Waals surface area contributed by atoms with Gasteiger partial charge in [-0.2, -0.15) is 0 Å². The third-order valence-corrected chi connectivity index (χ3v) is 2.93. The first kappa shape index (κ1) is 12.5. The second-order valence-corrected chi connectivity index (χ2v) is 4.57. The minimum Gasteiger partial charge on any atom is -0.397 e. The Hall–Kier alpha value is -1.95. The van der Waals surface area contributed by atoms with Crippen LogP contribution in [0, 0.1) is 0 Å². The second kappa shape index (κ2) is 5.14. The number of rotatable bonds is 2. The monoisotopic (exact) mass is 306 g/mol. The Morgan fingerprint density at radius 1 is 1.39 bits per heavy atom. The molecule has 1 aromatic carbocycles. The summed E-state index contributed by atoms with van der Waals surface area (Å²) in [6.07, 6.45) is 4.42. The summed E-state index contributed by atoms with van der Waals surface area (Å²) < 4.78 is 0.865. The lowest BCUT2D eigenvalue weighted by molar-refractivity contribution is 0.0988. The van der Waals surface area contributed by atoms with E-state index in [1.165, 1.54) is 23.5 Å². The predicted molar refractivity (Wildman–Crippen MR) is 73.3 cm³/mol. The fourth-order valence-corrected chi connectivity index (χ4v) is 1.90. The number of nitrogens with zero attached hydrogens (tertiary/aromatic N) is 3. The highest BCUT2D eigenvalue weighted by Crippen LogP contribution is 2.26. The maximum absolute atomic E-state index is 12.1. The molecule has 2 aromatic rings. The largest absolute Gasteiger partial charge is 0.397 e. The Balaban J connectivity index is 2.31. The number of anilines is 2. The third kappa shape index (κ3) is 2.48. The number of hydrogen-bond donors (Lipinski definition) is 1. The van der Waals surface area contributed by atoms with E-state index >= 15 is 0 Å². The van der Waals surface area contributed by atoms with E-state index in [0.717, 1.165) is 4.47 Å². The van der Waals surface area contributed by atoms with Crippen LogP contribution in [0.5, 0.6) is 0 Å². The van der Waals surface area contributed by atoms with Crippen molar-refractivity contribution in [3.05, 3.63) is 47.0 Å². The van der Waals surface area contributed by atoms with Gasteiger partial charge in [0, 0.05) is 23.9 Å². The van der Waals surface area contributed by atoms with E-state index in [4.69, 9.17) is 5.73 Å². The van der Waals surface area contributed by atoms with Crippen LogP contribution in [-0.2, 0) is 0 Å². The molecule has 0 aliphatic heterocycles. The molecule has 0 atom stereocenters. The van der Waals surface area contributed by atoms with E-state index in [2.05, 4.69) is 25.9 Å². The number of hydrogen-bond acceptors (Lipinski definition) is 4. The highest BCUT2D eigenvalue weighted by Gasteiger charge is 2.16. The molecule has 2 N–H and O–H groups in total. The van der Waals surface area contributed by atoms with Crippen molar-refractivity contribution in [3.63, 3.8) is 0 Å². The van der Waals surface area contributed by atoms with Crippen molar-refractivity contribution in [1.29, 1.82) is 0 Å². The molecule has 1 aromatic heterocycles. The van der Waals surface area contributed by atoms with Gasteiger partial charge < -0.3 is 10.6 Å². The molecule has 1 amide bonds. The summed E-state index contributed by atoms with van der Waals surface area (Å²) in [7, 11) is 1.65. The lowest BCUT2D eigenvalue weighted by atomic mass is 10.2. The van der Waals surface area contributed by atoms with Crippen molar-refractivity contribution in [1.82, 2.24) is 9.97 Å². The van der Waals surface area contributed by atoms with Gasteiger partial charge in [0.25, 0.3) is 5.91 Å². The summed E-state index contributed by atoms with van der Waals surface area (Å²) in [5, 5.41) is 0. The molecule has 0 fully saturated rings.